The molecule has 2 aliphatic rings. The van der Waals surface area contributed by atoms with Crippen LogP contribution in [0.25, 0.3) is 22.9 Å². The highest BCUT2D eigenvalue weighted by Gasteiger charge is 2.37. The normalized spacial score (nSPS) is 16.4. The van der Waals surface area contributed by atoms with Crippen molar-refractivity contribution < 1.29 is 14.3 Å². The monoisotopic (exact) mass is 408 g/mol. The number of carbonyl (C=O) groups is 1. The largest absolute Gasteiger partial charge is 0.491 e. The van der Waals surface area contributed by atoms with Crippen molar-refractivity contribution in [2.75, 3.05) is 6.61 Å². The molecule has 2 N–H and O–H groups in total. The maximum absolute atomic E-state index is 11.7. The fourth-order valence-electron chi connectivity index (χ4n) is 3.79. The number of rotatable bonds is 6. The average Bonchev–Trinajstić information content (AvgIpc) is 3.31. The van der Waals surface area contributed by atoms with Crippen LogP contribution in [0.4, 0.5) is 0 Å². The summed E-state index contributed by atoms with van der Waals surface area (Å²) in [4.78, 5) is 21.0. The number of nitrogens with zero attached hydrogens (tertiary/aromatic N) is 5. The zero-order valence-electron chi connectivity index (χ0n) is 17.0. The Kier molecular flexibility index (Phi) is 4.45. The van der Waals surface area contributed by atoms with Crippen LogP contribution >= 0.6 is 0 Å². The first kappa shape index (κ1) is 18.7. The van der Waals surface area contributed by atoms with Gasteiger partial charge < -0.3 is 19.8 Å². The third-order valence-electron chi connectivity index (χ3n) is 5.45. The highest BCUT2D eigenvalue weighted by atomic mass is 16.5. The molecule has 2 aromatic heterocycles. The van der Waals surface area contributed by atoms with Crippen molar-refractivity contribution >= 4 is 5.91 Å². The third kappa shape index (κ3) is 3.30. The number of hydrogen-bond donors (Lipinski definition) is 1. The van der Waals surface area contributed by atoms with Crippen molar-refractivity contribution in [3.05, 3.63) is 30.7 Å². The molecule has 3 aromatic rings. The second kappa shape index (κ2) is 7.16. The summed E-state index contributed by atoms with van der Waals surface area (Å²) in [5.74, 6) is 2.57. The molecular formula is C21H24N6O3. The molecule has 0 unspecified atom stereocenters. The van der Waals surface area contributed by atoms with Crippen LogP contribution in [0.5, 0.6) is 11.5 Å². The predicted molar refractivity (Wildman–Crippen MR) is 109 cm³/mol. The quantitative estimate of drug-likeness (QED) is 0.671. The van der Waals surface area contributed by atoms with Crippen molar-refractivity contribution in [2.24, 2.45) is 11.7 Å². The molecule has 1 atom stereocenters. The van der Waals surface area contributed by atoms with Crippen LogP contribution in [-0.2, 0) is 11.3 Å². The fourth-order valence-corrected chi connectivity index (χ4v) is 3.79. The molecule has 3 heterocycles. The van der Waals surface area contributed by atoms with E-state index in [1.165, 1.54) is 0 Å². The highest BCUT2D eigenvalue weighted by molar-refractivity contribution is 5.80. The van der Waals surface area contributed by atoms with E-state index >= 15 is 0 Å². The summed E-state index contributed by atoms with van der Waals surface area (Å²) in [6.45, 7) is 5.28. The standard InChI is InChI=1S/C21H24N6O3/c1-12(2)27-21(23-11-24-27)16-10-26-7-8-29-17-9-14(5-6-15(17)20(26)25-16)30-18(19(22)28)13-3-4-13/h5-6,9-13,18H,3-4,7-8H2,1-2H3,(H2,22,28)/t18-/m0/s1. The second-order valence-corrected chi connectivity index (χ2v) is 8.05. The maximum Gasteiger partial charge on any atom is 0.258 e. The summed E-state index contributed by atoms with van der Waals surface area (Å²) in [5, 5.41) is 4.31. The van der Waals surface area contributed by atoms with Gasteiger partial charge in [0.1, 0.15) is 36.0 Å². The Labute approximate surface area is 173 Å². The zero-order valence-corrected chi connectivity index (χ0v) is 17.0. The molecule has 1 aliphatic carbocycles. The van der Waals surface area contributed by atoms with E-state index in [0.717, 1.165) is 35.7 Å². The van der Waals surface area contributed by atoms with Crippen LogP contribution in [0, 0.1) is 5.92 Å². The van der Waals surface area contributed by atoms with E-state index in [9.17, 15) is 4.79 Å². The number of ether oxygens (including phenoxy) is 2. The van der Waals surface area contributed by atoms with Crippen molar-refractivity contribution in [1.82, 2.24) is 24.3 Å². The minimum atomic E-state index is -0.593. The SMILES string of the molecule is CC(C)n1ncnc1-c1cn2c(n1)-c1ccc(O[C@H](C(N)=O)C3CC3)cc1OCC2. The van der Waals surface area contributed by atoms with Gasteiger partial charge in [0, 0.05) is 24.2 Å². The van der Waals surface area contributed by atoms with Crippen LogP contribution in [0.2, 0.25) is 0 Å². The van der Waals surface area contributed by atoms with Crippen molar-refractivity contribution in [3.8, 4) is 34.4 Å². The molecule has 0 bridgehead atoms. The molecule has 9 nitrogen and oxygen atoms in total. The lowest BCUT2D eigenvalue weighted by molar-refractivity contribution is -0.125. The number of aromatic nitrogens is 5. The van der Waals surface area contributed by atoms with Gasteiger partial charge in [0.05, 0.1) is 12.1 Å². The second-order valence-electron chi connectivity index (χ2n) is 8.05. The summed E-state index contributed by atoms with van der Waals surface area (Å²) < 4.78 is 15.8. The summed E-state index contributed by atoms with van der Waals surface area (Å²) in [5.41, 5.74) is 7.15. The minimum absolute atomic E-state index is 0.184. The molecule has 1 aromatic carbocycles. The van der Waals surface area contributed by atoms with E-state index in [1.54, 1.807) is 6.33 Å². The average molecular weight is 408 g/mol. The van der Waals surface area contributed by atoms with E-state index in [-0.39, 0.29) is 12.0 Å². The molecule has 1 saturated carbocycles. The molecule has 0 radical (unpaired) electrons. The van der Waals surface area contributed by atoms with Gasteiger partial charge in [-0.3, -0.25) is 4.79 Å². The van der Waals surface area contributed by atoms with Gasteiger partial charge in [-0.05, 0) is 38.8 Å². The topological polar surface area (TPSA) is 110 Å². The van der Waals surface area contributed by atoms with E-state index in [1.807, 2.05) is 29.1 Å². The molecule has 1 amide bonds. The zero-order chi connectivity index (χ0) is 20.8. The lowest BCUT2D eigenvalue weighted by Gasteiger charge is -2.16. The van der Waals surface area contributed by atoms with Crippen LogP contribution in [0.1, 0.15) is 32.7 Å². The Morgan fingerprint density at radius 2 is 2.13 bits per heavy atom. The van der Waals surface area contributed by atoms with E-state index in [4.69, 9.17) is 20.2 Å². The first-order valence-electron chi connectivity index (χ1n) is 10.2. The molecule has 30 heavy (non-hydrogen) atoms. The summed E-state index contributed by atoms with van der Waals surface area (Å²) >= 11 is 0. The molecule has 1 aliphatic heterocycles. The first-order valence-corrected chi connectivity index (χ1v) is 10.2. The number of nitrogens with two attached hydrogens (primary N) is 1. The van der Waals surface area contributed by atoms with Gasteiger partial charge in [0.15, 0.2) is 11.9 Å². The molecule has 9 heteroatoms. The summed E-state index contributed by atoms with van der Waals surface area (Å²) in [6, 6.07) is 5.75. The summed E-state index contributed by atoms with van der Waals surface area (Å²) in [7, 11) is 0. The van der Waals surface area contributed by atoms with Gasteiger partial charge in [-0.25, -0.2) is 14.6 Å². The first-order chi connectivity index (χ1) is 14.5. The Balaban J connectivity index is 1.49. The molecule has 0 saturated heterocycles. The number of imidazole rings is 1. The number of fused-ring (bicyclic) bond motifs is 3. The predicted octanol–water partition coefficient (Wildman–Crippen LogP) is 2.42. The van der Waals surface area contributed by atoms with Gasteiger partial charge in [-0.2, -0.15) is 5.10 Å². The van der Waals surface area contributed by atoms with Gasteiger partial charge in [0.25, 0.3) is 5.91 Å². The number of amides is 1. The number of benzene rings is 1. The Morgan fingerprint density at radius 1 is 1.30 bits per heavy atom. The van der Waals surface area contributed by atoms with Crippen LogP contribution in [-0.4, -0.2) is 42.9 Å². The molecule has 156 valence electrons. The number of hydrogen-bond acceptors (Lipinski definition) is 6. The lowest BCUT2D eigenvalue weighted by atomic mass is 10.1. The molecular weight excluding hydrogens is 384 g/mol. The van der Waals surface area contributed by atoms with Crippen molar-refractivity contribution in [3.63, 3.8) is 0 Å². The minimum Gasteiger partial charge on any atom is -0.491 e. The molecule has 1 fully saturated rings. The maximum atomic E-state index is 11.7. The number of carbonyl (C=O) groups excluding carboxylic acids is 1. The van der Waals surface area contributed by atoms with Gasteiger partial charge in [-0.15, -0.1) is 0 Å². The van der Waals surface area contributed by atoms with Crippen molar-refractivity contribution in [1.29, 1.82) is 0 Å². The molecule has 0 spiro atoms. The summed E-state index contributed by atoms with van der Waals surface area (Å²) in [6.07, 6.45) is 4.88. The van der Waals surface area contributed by atoms with E-state index in [0.29, 0.717) is 24.7 Å². The number of primary amides is 1. The lowest BCUT2D eigenvalue weighted by Crippen LogP contribution is -2.35. The third-order valence-corrected chi connectivity index (χ3v) is 5.45. The van der Waals surface area contributed by atoms with Crippen LogP contribution < -0.4 is 15.2 Å². The Morgan fingerprint density at radius 3 is 2.87 bits per heavy atom. The fraction of sp³-hybridized carbons (Fsp3) is 0.429. The van der Waals surface area contributed by atoms with Crippen LogP contribution in [0.3, 0.4) is 0 Å². The van der Waals surface area contributed by atoms with Gasteiger partial charge in [0.2, 0.25) is 0 Å². The highest BCUT2D eigenvalue weighted by Crippen LogP contribution is 2.39. The van der Waals surface area contributed by atoms with E-state index in [2.05, 4.69) is 28.5 Å². The van der Waals surface area contributed by atoms with Crippen LogP contribution in [0.15, 0.2) is 30.7 Å². The van der Waals surface area contributed by atoms with Gasteiger partial charge >= 0.3 is 0 Å². The van der Waals surface area contributed by atoms with Gasteiger partial charge in [-0.1, -0.05) is 0 Å². The van der Waals surface area contributed by atoms with E-state index < -0.39 is 12.0 Å². The molecule has 5 rings (SSSR count). The smallest absolute Gasteiger partial charge is 0.258 e. The Bertz CT molecular complexity index is 1100. The Hall–Kier alpha value is -3.36. The van der Waals surface area contributed by atoms with Crippen molar-refractivity contribution in [2.45, 2.75) is 45.4 Å².